The normalized spacial score (nSPS) is 17.1. The number of ether oxygens (including phenoxy) is 1. The fourth-order valence-corrected chi connectivity index (χ4v) is 2.87. The van der Waals surface area contributed by atoms with Gasteiger partial charge in [-0.2, -0.15) is 0 Å². The third-order valence-corrected chi connectivity index (χ3v) is 4.28. The first-order valence-corrected chi connectivity index (χ1v) is 8.76. The summed E-state index contributed by atoms with van der Waals surface area (Å²) in [4.78, 5) is 16.2. The predicted molar refractivity (Wildman–Crippen MR) is 96.6 cm³/mol. The maximum Gasteiger partial charge on any atom is 0.573 e. The van der Waals surface area contributed by atoms with Crippen LogP contribution in [0.3, 0.4) is 0 Å². The minimum atomic E-state index is -5.14. The average molecular weight is 444 g/mol. The van der Waals surface area contributed by atoms with E-state index in [2.05, 4.69) is 15.0 Å². The Morgan fingerprint density at radius 2 is 1.90 bits per heavy atom. The van der Waals surface area contributed by atoms with Gasteiger partial charge in [0, 0.05) is 18.2 Å². The Hall–Kier alpha value is -3.34. The topological polar surface area (TPSA) is 70.9 Å². The van der Waals surface area contributed by atoms with Crippen LogP contribution in [0.4, 0.5) is 26.3 Å². The first-order chi connectivity index (χ1) is 14.5. The number of dihydropyridines is 1. The summed E-state index contributed by atoms with van der Waals surface area (Å²) in [6, 6.07) is 3.91. The molecule has 0 radical (unpaired) electrons. The van der Waals surface area contributed by atoms with Gasteiger partial charge in [-0.1, -0.05) is 24.3 Å². The summed E-state index contributed by atoms with van der Waals surface area (Å²) in [5, 5.41) is 11.7. The number of benzene rings is 2. The Balaban J connectivity index is 1.99. The van der Waals surface area contributed by atoms with E-state index in [4.69, 9.17) is 0 Å². The first-order valence-electron chi connectivity index (χ1n) is 8.76. The molecule has 0 aromatic heterocycles. The summed E-state index contributed by atoms with van der Waals surface area (Å²) < 4.78 is 83.1. The summed E-state index contributed by atoms with van der Waals surface area (Å²) in [6.07, 6.45) is -3.70. The SMILES string of the molecule is O=C(NC(c1ccc(OC(F)(F)F)c(F)c1)c1cccc(F)c1F)C1=CCC(O)N=C1. The largest absolute Gasteiger partial charge is 0.573 e. The van der Waals surface area contributed by atoms with Gasteiger partial charge in [0.15, 0.2) is 23.2 Å². The average Bonchev–Trinajstić information content (AvgIpc) is 2.69. The molecule has 0 saturated heterocycles. The molecule has 0 aliphatic carbocycles. The van der Waals surface area contributed by atoms with Crippen LogP contribution in [-0.2, 0) is 4.79 Å². The lowest BCUT2D eigenvalue weighted by Crippen LogP contribution is -2.32. The zero-order chi connectivity index (χ0) is 22.8. The number of hydrogen-bond acceptors (Lipinski definition) is 4. The van der Waals surface area contributed by atoms with Crippen LogP contribution in [0.25, 0.3) is 0 Å². The van der Waals surface area contributed by atoms with Gasteiger partial charge in [0.05, 0.1) is 11.6 Å². The first kappa shape index (κ1) is 22.3. The lowest BCUT2D eigenvalue weighted by atomic mass is 9.97. The zero-order valence-electron chi connectivity index (χ0n) is 15.5. The fourth-order valence-electron chi connectivity index (χ4n) is 2.87. The number of aliphatic hydroxyl groups is 1. The lowest BCUT2D eigenvalue weighted by molar-refractivity contribution is -0.275. The molecule has 2 atom stereocenters. The van der Waals surface area contributed by atoms with E-state index in [1.54, 1.807) is 0 Å². The van der Waals surface area contributed by atoms with E-state index in [0.717, 1.165) is 30.5 Å². The van der Waals surface area contributed by atoms with E-state index in [1.165, 1.54) is 6.08 Å². The van der Waals surface area contributed by atoms with Gasteiger partial charge in [-0.05, 0) is 23.8 Å². The number of carbonyl (C=O) groups excluding carboxylic acids is 1. The molecular weight excluding hydrogens is 430 g/mol. The molecule has 0 bridgehead atoms. The molecule has 0 fully saturated rings. The molecule has 1 heterocycles. The summed E-state index contributed by atoms with van der Waals surface area (Å²) in [6.45, 7) is 0. The highest BCUT2D eigenvalue weighted by Gasteiger charge is 2.33. The second-order valence-corrected chi connectivity index (χ2v) is 6.44. The number of nitrogens with one attached hydrogen (secondary N) is 1. The molecule has 3 rings (SSSR count). The van der Waals surface area contributed by atoms with Crippen molar-refractivity contribution in [3.63, 3.8) is 0 Å². The van der Waals surface area contributed by atoms with Gasteiger partial charge in [0.25, 0.3) is 5.91 Å². The molecule has 11 heteroatoms. The van der Waals surface area contributed by atoms with E-state index in [1.807, 2.05) is 0 Å². The van der Waals surface area contributed by atoms with Crippen LogP contribution in [0.5, 0.6) is 5.75 Å². The molecule has 1 aliphatic heterocycles. The molecule has 1 aliphatic rings. The van der Waals surface area contributed by atoms with Crippen molar-refractivity contribution in [1.29, 1.82) is 0 Å². The number of nitrogens with zero attached hydrogens (tertiary/aromatic N) is 1. The maximum atomic E-state index is 14.4. The minimum Gasteiger partial charge on any atom is -0.403 e. The second-order valence-electron chi connectivity index (χ2n) is 6.44. The van der Waals surface area contributed by atoms with Gasteiger partial charge < -0.3 is 15.2 Å². The van der Waals surface area contributed by atoms with Crippen LogP contribution >= 0.6 is 0 Å². The van der Waals surface area contributed by atoms with Crippen molar-refractivity contribution < 1.29 is 41.0 Å². The van der Waals surface area contributed by atoms with E-state index >= 15 is 0 Å². The van der Waals surface area contributed by atoms with Crippen LogP contribution in [0.2, 0.25) is 0 Å². The van der Waals surface area contributed by atoms with E-state index in [-0.39, 0.29) is 23.1 Å². The zero-order valence-corrected chi connectivity index (χ0v) is 15.5. The van der Waals surface area contributed by atoms with Gasteiger partial charge in [-0.3, -0.25) is 9.79 Å². The van der Waals surface area contributed by atoms with Gasteiger partial charge in [-0.15, -0.1) is 13.2 Å². The Kier molecular flexibility index (Phi) is 6.34. The predicted octanol–water partition coefficient (Wildman–Crippen LogP) is 3.93. The van der Waals surface area contributed by atoms with Crippen molar-refractivity contribution >= 4 is 12.1 Å². The number of carbonyl (C=O) groups is 1. The molecule has 2 N–H and O–H groups in total. The smallest absolute Gasteiger partial charge is 0.403 e. The molecule has 2 aromatic carbocycles. The van der Waals surface area contributed by atoms with Crippen molar-refractivity contribution in [2.75, 3.05) is 0 Å². The minimum absolute atomic E-state index is 0.00427. The van der Waals surface area contributed by atoms with Crippen molar-refractivity contribution in [2.45, 2.75) is 25.1 Å². The van der Waals surface area contributed by atoms with E-state index in [0.29, 0.717) is 12.1 Å². The number of alkyl halides is 3. The summed E-state index contributed by atoms with van der Waals surface area (Å²) in [5.41, 5.74) is -0.548. The van der Waals surface area contributed by atoms with E-state index < -0.39 is 47.7 Å². The third-order valence-electron chi connectivity index (χ3n) is 4.28. The number of aliphatic hydroxyl groups excluding tert-OH is 1. The molecule has 2 unspecified atom stereocenters. The summed E-state index contributed by atoms with van der Waals surface area (Å²) >= 11 is 0. The molecule has 0 spiro atoms. The number of hydrogen-bond donors (Lipinski definition) is 2. The Morgan fingerprint density at radius 1 is 1.16 bits per heavy atom. The Labute approximate surface area is 171 Å². The van der Waals surface area contributed by atoms with E-state index in [9.17, 15) is 36.2 Å². The van der Waals surface area contributed by atoms with Crippen LogP contribution in [-0.4, -0.2) is 29.8 Å². The molecule has 31 heavy (non-hydrogen) atoms. The number of amides is 1. The van der Waals surface area contributed by atoms with Crippen LogP contribution in [0, 0.1) is 17.5 Å². The summed E-state index contributed by atoms with van der Waals surface area (Å²) in [5.74, 6) is -5.92. The summed E-state index contributed by atoms with van der Waals surface area (Å²) in [7, 11) is 0. The Morgan fingerprint density at radius 3 is 2.52 bits per heavy atom. The number of aliphatic imine (C=N–C) groups is 1. The van der Waals surface area contributed by atoms with Crippen molar-refractivity contribution in [2.24, 2.45) is 4.99 Å². The van der Waals surface area contributed by atoms with Crippen LogP contribution < -0.4 is 10.1 Å². The van der Waals surface area contributed by atoms with Crippen molar-refractivity contribution in [3.05, 3.63) is 76.6 Å². The monoisotopic (exact) mass is 444 g/mol. The third kappa shape index (κ3) is 5.43. The molecule has 164 valence electrons. The molecule has 2 aromatic rings. The highest BCUT2D eigenvalue weighted by molar-refractivity contribution is 6.12. The van der Waals surface area contributed by atoms with Gasteiger partial charge in [0.2, 0.25) is 0 Å². The lowest BCUT2D eigenvalue weighted by Gasteiger charge is -2.22. The maximum absolute atomic E-state index is 14.4. The molecule has 5 nitrogen and oxygen atoms in total. The number of halogens is 6. The Bertz CT molecular complexity index is 1050. The highest BCUT2D eigenvalue weighted by atomic mass is 19.4. The molecule has 1 amide bonds. The molecule has 0 saturated carbocycles. The number of rotatable bonds is 5. The van der Waals surface area contributed by atoms with Gasteiger partial charge in [-0.25, -0.2) is 13.2 Å². The quantitative estimate of drug-likeness (QED) is 0.687. The van der Waals surface area contributed by atoms with Gasteiger partial charge >= 0.3 is 6.36 Å². The second kappa shape index (κ2) is 8.80. The molecular formula is C20H14F6N2O3. The standard InChI is InChI=1S/C20H14F6N2O3/c21-13-3-1-2-12(17(13)23)18(28-19(30)11-5-7-16(29)27-9-11)10-4-6-15(14(22)8-10)31-20(24,25)26/h1-6,8-9,16,18,29H,7H2,(H,28,30). The van der Waals surface area contributed by atoms with Crippen molar-refractivity contribution in [1.82, 2.24) is 5.32 Å². The van der Waals surface area contributed by atoms with Gasteiger partial charge in [0.1, 0.15) is 6.23 Å². The highest BCUT2D eigenvalue weighted by Crippen LogP contribution is 2.31. The van der Waals surface area contributed by atoms with Crippen LogP contribution in [0.15, 0.2) is 53.0 Å². The van der Waals surface area contributed by atoms with Crippen molar-refractivity contribution in [3.8, 4) is 5.75 Å². The van der Waals surface area contributed by atoms with Crippen LogP contribution in [0.1, 0.15) is 23.6 Å². The fraction of sp³-hybridized carbons (Fsp3) is 0.200.